The monoisotopic (exact) mass is 340 g/mol. The van der Waals surface area contributed by atoms with Gasteiger partial charge in [-0.25, -0.2) is 0 Å². The number of hydrogen-bond donors (Lipinski definition) is 2. The third-order valence-corrected chi connectivity index (χ3v) is 4.83. The summed E-state index contributed by atoms with van der Waals surface area (Å²) >= 11 is 0. The molecule has 7 nitrogen and oxygen atoms in total. The van der Waals surface area contributed by atoms with E-state index in [1.54, 1.807) is 25.1 Å². The lowest BCUT2D eigenvalue weighted by molar-refractivity contribution is 0.0903. The van der Waals surface area contributed by atoms with E-state index < -0.39 is 16.7 Å². The van der Waals surface area contributed by atoms with Gasteiger partial charge in [-0.1, -0.05) is 19.3 Å². The zero-order chi connectivity index (χ0) is 18.0. The van der Waals surface area contributed by atoms with Crippen LogP contribution < -0.4 is 16.4 Å². The van der Waals surface area contributed by atoms with Crippen LogP contribution in [0.15, 0.2) is 27.8 Å². The van der Waals surface area contributed by atoms with Gasteiger partial charge in [0.05, 0.1) is 17.1 Å². The number of rotatable bonds is 3. The standard InChI is InChI=1S/C18H20N4O3/c1-2-22-14-7-6-12(10-13(14)20-16(24)17(22)25)15(23)21-18(11-19)8-4-3-5-9-18/h6-7,10H,2-5,8-9H2,1H3,(H,20,24)(H,21,23). The minimum absolute atomic E-state index is 0.347. The summed E-state index contributed by atoms with van der Waals surface area (Å²) in [5.74, 6) is -0.347. The second kappa shape index (κ2) is 6.55. The molecule has 0 aliphatic heterocycles. The Balaban J connectivity index is 1.98. The summed E-state index contributed by atoms with van der Waals surface area (Å²) in [6.07, 6.45) is 4.21. The Bertz CT molecular complexity index is 974. The van der Waals surface area contributed by atoms with Crippen molar-refractivity contribution in [2.75, 3.05) is 0 Å². The molecule has 1 aromatic carbocycles. The number of nitriles is 1. The average molecular weight is 340 g/mol. The normalized spacial score (nSPS) is 16.3. The van der Waals surface area contributed by atoms with Crippen molar-refractivity contribution >= 4 is 16.9 Å². The number of nitrogens with one attached hydrogen (secondary N) is 2. The van der Waals surface area contributed by atoms with Gasteiger partial charge in [-0.15, -0.1) is 0 Å². The van der Waals surface area contributed by atoms with Gasteiger partial charge in [-0.3, -0.25) is 14.4 Å². The van der Waals surface area contributed by atoms with Gasteiger partial charge in [-0.05, 0) is 38.0 Å². The van der Waals surface area contributed by atoms with Crippen molar-refractivity contribution in [1.29, 1.82) is 5.26 Å². The van der Waals surface area contributed by atoms with E-state index in [1.807, 2.05) is 0 Å². The average Bonchev–Trinajstić information content (AvgIpc) is 2.63. The first-order chi connectivity index (χ1) is 12.0. The molecule has 1 saturated carbocycles. The van der Waals surface area contributed by atoms with Crippen molar-refractivity contribution in [1.82, 2.24) is 14.9 Å². The molecule has 1 aliphatic carbocycles. The maximum absolute atomic E-state index is 12.6. The van der Waals surface area contributed by atoms with Gasteiger partial charge in [0.25, 0.3) is 5.91 Å². The predicted molar refractivity (Wildman–Crippen MR) is 93.4 cm³/mol. The quantitative estimate of drug-likeness (QED) is 0.828. The molecule has 7 heteroatoms. The molecule has 130 valence electrons. The first-order valence-corrected chi connectivity index (χ1v) is 8.50. The number of carbonyl (C=O) groups is 1. The lowest BCUT2D eigenvalue weighted by Gasteiger charge is -2.31. The van der Waals surface area contributed by atoms with Crippen molar-refractivity contribution in [3.05, 3.63) is 44.5 Å². The highest BCUT2D eigenvalue weighted by atomic mass is 16.2. The Hall–Kier alpha value is -2.88. The van der Waals surface area contributed by atoms with Crippen LogP contribution in [0.25, 0.3) is 11.0 Å². The van der Waals surface area contributed by atoms with E-state index in [4.69, 9.17) is 0 Å². The van der Waals surface area contributed by atoms with Crippen LogP contribution in [0.1, 0.15) is 49.4 Å². The molecule has 1 amide bonds. The fourth-order valence-electron chi connectivity index (χ4n) is 3.44. The van der Waals surface area contributed by atoms with Crippen molar-refractivity contribution < 1.29 is 4.79 Å². The predicted octanol–water partition coefficient (Wildman–Crippen LogP) is 1.67. The van der Waals surface area contributed by atoms with Gasteiger partial charge in [0.2, 0.25) is 0 Å². The van der Waals surface area contributed by atoms with Crippen molar-refractivity contribution in [2.24, 2.45) is 0 Å². The maximum atomic E-state index is 12.6. The molecule has 1 fully saturated rings. The molecule has 0 atom stereocenters. The molecular formula is C18H20N4O3. The number of aromatic nitrogens is 2. The second-order valence-corrected chi connectivity index (χ2v) is 6.44. The number of carbonyl (C=O) groups excluding carboxylic acids is 1. The number of hydrogen-bond acceptors (Lipinski definition) is 4. The molecule has 25 heavy (non-hydrogen) atoms. The lowest BCUT2D eigenvalue weighted by Crippen LogP contribution is -2.48. The second-order valence-electron chi connectivity index (χ2n) is 6.44. The van der Waals surface area contributed by atoms with E-state index in [0.29, 0.717) is 36.0 Å². The highest BCUT2D eigenvalue weighted by molar-refractivity contribution is 5.97. The summed E-state index contributed by atoms with van der Waals surface area (Å²) in [6, 6.07) is 7.05. The first kappa shape index (κ1) is 17.0. The molecule has 1 heterocycles. The topological polar surface area (TPSA) is 108 Å². The van der Waals surface area contributed by atoms with Crippen LogP contribution in [-0.4, -0.2) is 21.0 Å². The van der Waals surface area contributed by atoms with Crippen LogP contribution in [0.5, 0.6) is 0 Å². The molecule has 0 radical (unpaired) electrons. The SMILES string of the molecule is CCn1c(=O)c(=O)[nH]c2cc(C(=O)NC3(C#N)CCCCC3)ccc21. The van der Waals surface area contributed by atoms with E-state index >= 15 is 0 Å². The number of nitrogens with zero attached hydrogens (tertiary/aromatic N) is 2. The van der Waals surface area contributed by atoms with E-state index in [2.05, 4.69) is 16.4 Å². The Kier molecular flexibility index (Phi) is 4.45. The van der Waals surface area contributed by atoms with Gasteiger partial charge in [0, 0.05) is 12.1 Å². The summed E-state index contributed by atoms with van der Waals surface area (Å²) in [6.45, 7) is 2.14. The molecular weight excluding hydrogens is 320 g/mol. The number of aromatic amines is 1. The summed E-state index contributed by atoms with van der Waals surface area (Å²) in [5, 5.41) is 12.4. The number of amides is 1. The minimum atomic E-state index is -0.820. The number of fused-ring (bicyclic) bond motifs is 1. The summed E-state index contributed by atoms with van der Waals surface area (Å²) in [7, 11) is 0. The molecule has 1 aromatic heterocycles. The smallest absolute Gasteiger partial charge is 0.316 e. The summed E-state index contributed by atoms with van der Waals surface area (Å²) in [5.41, 5.74) is -0.805. The van der Waals surface area contributed by atoms with Crippen LogP contribution in [0.4, 0.5) is 0 Å². The molecule has 1 aliphatic rings. The number of H-pyrrole nitrogens is 1. The van der Waals surface area contributed by atoms with Crippen LogP contribution in [0.2, 0.25) is 0 Å². The van der Waals surface area contributed by atoms with Crippen molar-refractivity contribution in [2.45, 2.75) is 51.1 Å². The molecule has 0 unspecified atom stereocenters. The molecule has 0 saturated heterocycles. The highest BCUT2D eigenvalue weighted by Gasteiger charge is 2.33. The third kappa shape index (κ3) is 3.07. The molecule has 2 aromatic rings. The fourth-order valence-corrected chi connectivity index (χ4v) is 3.44. The van der Waals surface area contributed by atoms with Crippen molar-refractivity contribution in [3.8, 4) is 6.07 Å². The van der Waals surface area contributed by atoms with Crippen molar-refractivity contribution in [3.63, 3.8) is 0 Å². The van der Waals surface area contributed by atoms with E-state index in [9.17, 15) is 19.6 Å². The van der Waals surface area contributed by atoms with Gasteiger partial charge in [0.15, 0.2) is 0 Å². The van der Waals surface area contributed by atoms with Crippen LogP contribution in [0, 0.1) is 11.3 Å². The fraction of sp³-hybridized carbons (Fsp3) is 0.444. The zero-order valence-electron chi connectivity index (χ0n) is 14.1. The van der Waals surface area contributed by atoms with E-state index in [1.165, 1.54) is 4.57 Å². The Morgan fingerprint density at radius 3 is 2.68 bits per heavy atom. The zero-order valence-corrected chi connectivity index (χ0v) is 14.1. The summed E-state index contributed by atoms with van der Waals surface area (Å²) < 4.78 is 1.37. The van der Waals surface area contributed by atoms with Crippen LogP contribution in [0.3, 0.4) is 0 Å². The van der Waals surface area contributed by atoms with Gasteiger partial charge >= 0.3 is 11.1 Å². The maximum Gasteiger partial charge on any atom is 0.316 e. The first-order valence-electron chi connectivity index (χ1n) is 8.50. The number of aryl methyl sites for hydroxylation is 1. The van der Waals surface area contributed by atoms with Gasteiger partial charge < -0.3 is 14.9 Å². The van der Waals surface area contributed by atoms with Crippen LogP contribution >= 0.6 is 0 Å². The molecule has 3 rings (SSSR count). The minimum Gasteiger partial charge on any atom is -0.334 e. The third-order valence-electron chi connectivity index (χ3n) is 4.83. The van der Waals surface area contributed by atoms with E-state index in [-0.39, 0.29) is 5.91 Å². The van der Waals surface area contributed by atoms with Gasteiger partial charge in [0.1, 0.15) is 5.54 Å². The highest BCUT2D eigenvalue weighted by Crippen LogP contribution is 2.28. The number of benzene rings is 1. The molecule has 2 N–H and O–H groups in total. The van der Waals surface area contributed by atoms with Crippen LogP contribution in [-0.2, 0) is 6.54 Å². The van der Waals surface area contributed by atoms with Gasteiger partial charge in [-0.2, -0.15) is 5.26 Å². The summed E-state index contributed by atoms with van der Waals surface area (Å²) in [4.78, 5) is 38.8. The Labute approximate surface area is 144 Å². The lowest BCUT2D eigenvalue weighted by atomic mass is 9.82. The Morgan fingerprint density at radius 1 is 1.32 bits per heavy atom. The Morgan fingerprint density at radius 2 is 2.04 bits per heavy atom. The van der Waals surface area contributed by atoms with E-state index in [0.717, 1.165) is 19.3 Å². The molecule has 0 spiro atoms. The largest absolute Gasteiger partial charge is 0.334 e. The molecule has 0 bridgehead atoms.